The molecule has 2 aromatic rings. The van der Waals surface area contributed by atoms with Crippen LogP contribution in [0, 0.1) is 13.8 Å². The highest BCUT2D eigenvalue weighted by Crippen LogP contribution is 2.12. The van der Waals surface area contributed by atoms with Crippen molar-refractivity contribution in [3.8, 4) is 0 Å². The standard InChI is InChI=1S/C16H21N3/c1-4-17-11-15-9-13(3)18-16(19-15)10-14-8-6-5-7-12(14)2/h5-9,17H,4,10-11H2,1-3H3. The highest BCUT2D eigenvalue weighted by Gasteiger charge is 2.05. The number of aromatic nitrogens is 2. The quantitative estimate of drug-likeness (QED) is 0.892. The number of rotatable bonds is 5. The van der Waals surface area contributed by atoms with Gasteiger partial charge in [-0.25, -0.2) is 9.97 Å². The molecule has 0 atom stereocenters. The third-order valence-electron chi connectivity index (χ3n) is 3.12. The van der Waals surface area contributed by atoms with Crippen molar-refractivity contribution in [3.63, 3.8) is 0 Å². The zero-order chi connectivity index (χ0) is 13.7. The molecule has 0 aliphatic carbocycles. The van der Waals surface area contributed by atoms with E-state index in [2.05, 4.69) is 53.4 Å². The van der Waals surface area contributed by atoms with Gasteiger partial charge in [0.05, 0.1) is 5.69 Å². The van der Waals surface area contributed by atoms with Crippen LogP contribution in [0.25, 0.3) is 0 Å². The molecule has 1 N–H and O–H groups in total. The predicted molar refractivity (Wildman–Crippen MR) is 78.1 cm³/mol. The lowest BCUT2D eigenvalue weighted by Gasteiger charge is -2.08. The van der Waals surface area contributed by atoms with E-state index in [1.54, 1.807) is 0 Å². The Morgan fingerprint density at radius 1 is 1.11 bits per heavy atom. The molecule has 2 rings (SSSR count). The number of aryl methyl sites for hydroxylation is 2. The average Bonchev–Trinajstić information content (AvgIpc) is 2.38. The average molecular weight is 255 g/mol. The van der Waals surface area contributed by atoms with Crippen molar-refractivity contribution in [2.75, 3.05) is 6.54 Å². The molecule has 0 radical (unpaired) electrons. The monoisotopic (exact) mass is 255 g/mol. The molecular weight excluding hydrogens is 234 g/mol. The fraction of sp³-hybridized carbons (Fsp3) is 0.375. The molecule has 19 heavy (non-hydrogen) atoms. The van der Waals surface area contributed by atoms with Crippen molar-refractivity contribution < 1.29 is 0 Å². The molecule has 0 unspecified atom stereocenters. The van der Waals surface area contributed by atoms with E-state index in [1.165, 1.54) is 11.1 Å². The fourth-order valence-electron chi connectivity index (χ4n) is 2.10. The van der Waals surface area contributed by atoms with E-state index in [-0.39, 0.29) is 0 Å². The van der Waals surface area contributed by atoms with Gasteiger partial charge >= 0.3 is 0 Å². The van der Waals surface area contributed by atoms with Gasteiger partial charge in [-0.1, -0.05) is 31.2 Å². The Morgan fingerprint density at radius 3 is 2.63 bits per heavy atom. The second-order valence-electron chi connectivity index (χ2n) is 4.80. The lowest BCUT2D eigenvalue weighted by atomic mass is 10.1. The van der Waals surface area contributed by atoms with Gasteiger partial charge in [-0.05, 0) is 37.6 Å². The summed E-state index contributed by atoms with van der Waals surface area (Å²) in [5.41, 5.74) is 4.69. The van der Waals surface area contributed by atoms with E-state index in [1.807, 2.05) is 13.0 Å². The van der Waals surface area contributed by atoms with Gasteiger partial charge in [-0.3, -0.25) is 0 Å². The van der Waals surface area contributed by atoms with E-state index in [0.29, 0.717) is 0 Å². The van der Waals surface area contributed by atoms with E-state index in [4.69, 9.17) is 0 Å². The van der Waals surface area contributed by atoms with E-state index < -0.39 is 0 Å². The third kappa shape index (κ3) is 3.86. The molecule has 1 aromatic carbocycles. The zero-order valence-corrected chi connectivity index (χ0v) is 11.9. The molecule has 0 amide bonds. The Kier molecular flexibility index (Phi) is 4.63. The summed E-state index contributed by atoms with van der Waals surface area (Å²) in [7, 11) is 0. The maximum absolute atomic E-state index is 4.63. The SMILES string of the molecule is CCNCc1cc(C)nc(Cc2ccccc2C)n1. The van der Waals surface area contributed by atoms with Gasteiger partial charge in [-0.2, -0.15) is 0 Å². The Labute approximate surface area is 115 Å². The summed E-state index contributed by atoms with van der Waals surface area (Å²) < 4.78 is 0. The molecule has 0 aliphatic rings. The van der Waals surface area contributed by atoms with Gasteiger partial charge in [-0.15, -0.1) is 0 Å². The predicted octanol–water partition coefficient (Wildman–Crippen LogP) is 2.79. The van der Waals surface area contributed by atoms with Crippen LogP contribution < -0.4 is 5.32 Å². The number of nitrogens with one attached hydrogen (secondary N) is 1. The summed E-state index contributed by atoms with van der Waals surface area (Å²) >= 11 is 0. The molecule has 3 nitrogen and oxygen atoms in total. The molecule has 1 heterocycles. The van der Waals surface area contributed by atoms with Crippen LogP contribution >= 0.6 is 0 Å². The third-order valence-corrected chi connectivity index (χ3v) is 3.12. The van der Waals surface area contributed by atoms with Crippen molar-refractivity contribution in [3.05, 3.63) is 58.7 Å². The highest BCUT2D eigenvalue weighted by molar-refractivity contribution is 5.28. The van der Waals surface area contributed by atoms with Crippen molar-refractivity contribution in [2.24, 2.45) is 0 Å². The van der Waals surface area contributed by atoms with Crippen molar-refractivity contribution >= 4 is 0 Å². The van der Waals surface area contributed by atoms with Crippen molar-refractivity contribution in [1.82, 2.24) is 15.3 Å². The van der Waals surface area contributed by atoms with Gasteiger partial charge in [0.25, 0.3) is 0 Å². The van der Waals surface area contributed by atoms with Crippen LogP contribution in [-0.4, -0.2) is 16.5 Å². The Bertz CT molecular complexity index is 549. The molecule has 0 spiro atoms. The first-order valence-electron chi connectivity index (χ1n) is 6.77. The molecular formula is C16H21N3. The van der Waals surface area contributed by atoms with Crippen LogP contribution in [-0.2, 0) is 13.0 Å². The second-order valence-corrected chi connectivity index (χ2v) is 4.80. The second kappa shape index (κ2) is 6.43. The molecule has 100 valence electrons. The molecule has 0 aliphatic heterocycles. The molecule has 0 saturated heterocycles. The van der Waals surface area contributed by atoms with Crippen LogP contribution in [0.1, 0.15) is 35.3 Å². The normalized spacial score (nSPS) is 10.7. The van der Waals surface area contributed by atoms with Crippen LogP contribution in [0.5, 0.6) is 0 Å². The van der Waals surface area contributed by atoms with Crippen LogP contribution in [0.15, 0.2) is 30.3 Å². The van der Waals surface area contributed by atoms with Crippen LogP contribution in [0.4, 0.5) is 0 Å². The summed E-state index contributed by atoms with van der Waals surface area (Å²) in [6, 6.07) is 10.4. The molecule has 3 heteroatoms. The van der Waals surface area contributed by atoms with Crippen molar-refractivity contribution in [2.45, 2.75) is 33.7 Å². The highest BCUT2D eigenvalue weighted by atomic mass is 14.9. The first-order valence-corrected chi connectivity index (χ1v) is 6.77. The minimum absolute atomic E-state index is 0.799. The van der Waals surface area contributed by atoms with Gasteiger partial charge < -0.3 is 5.32 Å². The smallest absolute Gasteiger partial charge is 0.133 e. The van der Waals surface area contributed by atoms with Crippen LogP contribution in [0.2, 0.25) is 0 Å². The largest absolute Gasteiger partial charge is 0.311 e. The van der Waals surface area contributed by atoms with Crippen LogP contribution in [0.3, 0.4) is 0 Å². The number of hydrogen-bond donors (Lipinski definition) is 1. The molecule has 0 bridgehead atoms. The lowest BCUT2D eigenvalue weighted by molar-refractivity contribution is 0.700. The maximum atomic E-state index is 4.63. The van der Waals surface area contributed by atoms with E-state index >= 15 is 0 Å². The minimum Gasteiger partial charge on any atom is -0.311 e. The van der Waals surface area contributed by atoms with Crippen molar-refractivity contribution in [1.29, 1.82) is 0 Å². The Morgan fingerprint density at radius 2 is 1.89 bits per heavy atom. The summed E-state index contributed by atoms with van der Waals surface area (Å²) in [6.07, 6.45) is 0.799. The first-order chi connectivity index (χ1) is 9.19. The number of hydrogen-bond acceptors (Lipinski definition) is 3. The zero-order valence-electron chi connectivity index (χ0n) is 11.9. The number of nitrogens with zero attached hydrogens (tertiary/aromatic N) is 2. The summed E-state index contributed by atoms with van der Waals surface area (Å²) in [5.74, 6) is 0.905. The number of benzene rings is 1. The lowest BCUT2D eigenvalue weighted by Crippen LogP contribution is -2.14. The minimum atomic E-state index is 0.799. The Balaban J connectivity index is 2.20. The van der Waals surface area contributed by atoms with E-state index in [0.717, 1.165) is 36.7 Å². The topological polar surface area (TPSA) is 37.8 Å². The summed E-state index contributed by atoms with van der Waals surface area (Å²) in [4.78, 5) is 9.17. The van der Waals surface area contributed by atoms with Gasteiger partial charge in [0.1, 0.15) is 5.82 Å². The Hall–Kier alpha value is -1.74. The molecule has 1 aromatic heterocycles. The van der Waals surface area contributed by atoms with Gasteiger partial charge in [0.15, 0.2) is 0 Å². The summed E-state index contributed by atoms with van der Waals surface area (Å²) in [5, 5.41) is 3.30. The fourth-order valence-corrected chi connectivity index (χ4v) is 2.10. The maximum Gasteiger partial charge on any atom is 0.133 e. The summed E-state index contributed by atoms with van der Waals surface area (Å²) in [6.45, 7) is 8.02. The van der Waals surface area contributed by atoms with E-state index in [9.17, 15) is 0 Å². The first kappa shape index (κ1) is 13.7. The van der Waals surface area contributed by atoms with Gasteiger partial charge in [0, 0.05) is 18.7 Å². The molecule has 0 saturated carbocycles. The van der Waals surface area contributed by atoms with Gasteiger partial charge in [0.2, 0.25) is 0 Å². The molecule has 0 fully saturated rings.